The molecule has 26 heavy (non-hydrogen) atoms. The first-order chi connectivity index (χ1) is 12.3. The normalized spacial score (nSPS) is 11.1. The fourth-order valence-corrected chi connectivity index (χ4v) is 2.33. The van der Waals surface area contributed by atoms with Crippen LogP contribution in [0.25, 0.3) is 0 Å². The maximum Gasteiger partial charge on any atom is 0.294 e. The predicted octanol–water partition coefficient (Wildman–Crippen LogP) is 2.26. The molecule has 0 saturated heterocycles. The summed E-state index contributed by atoms with van der Waals surface area (Å²) in [4.78, 5) is 11.8. The zero-order chi connectivity index (χ0) is 19.2. The molecular formula is C17H12N4O4S. The molecule has 1 amide bonds. The average molecular weight is 368 g/mol. The van der Waals surface area contributed by atoms with Crippen molar-refractivity contribution in [2.24, 2.45) is 0 Å². The molecule has 2 aromatic rings. The summed E-state index contributed by atoms with van der Waals surface area (Å²) < 4.78 is 30.8. The van der Waals surface area contributed by atoms with Gasteiger partial charge >= 0.3 is 0 Å². The standard InChI is InChI=1S/C17H12N4O4S/c18-9-12-1-3-14(4-2-12)20-11-13(10-19)17(22)21-15-5-7-16(8-6-15)26(23,24)25/h1-8,11,20H,(H,21,22)(H,23,24,25)/b13-11-. The predicted molar refractivity (Wildman–Crippen MR) is 93.4 cm³/mol. The summed E-state index contributed by atoms with van der Waals surface area (Å²) in [6, 6.07) is 14.9. The number of rotatable bonds is 5. The van der Waals surface area contributed by atoms with Crippen LogP contribution in [-0.2, 0) is 14.9 Å². The van der Waals surface area contributed by atoms with Gasteiger partial charge in [-0.05, 0) is 48.5 Å². The third-order valence-electron chi connectivity index (χ3n) is 3.17. The molecule has 0 aliphatic carbocycles. The number of carbonyl (C=O) groups excluding carboxylic acids is 1. The van der Waals surface area contributed by atoms with Gasteiger partial charge in [0.2, 0.25) is 0 Å². The lowest BCUT2D eigenvalue weighted by Gasteiger charge is -2.06. The summed E-state index contributed by atoms with van der Waals surface area (Å²) in [7, 11) is -4.32. The monoisotopic (exact) mass is 368 g/mol. The highest BCUT2D eigenvalue weighted by Crippen LogP contribution is 2.15. The van der Waals surface area contributed by atoms with Crippen LogP contribution in [0, 0.1) is 22.7 Å². The van der Waals surface area contributed by atoms with Crippen LogP contribution in [-0.4, -0.2) is 18.9 Å². The fraction of sp³-hybridized carbons (Fsp3) is 0. The Morgan fingerprint density at radius 1 is 1.00 bits per heavy atom. The van der Waals surface area contributed by atoms with Gasteiger partial charge in [-0.3, -0.25) is 9.35 Å². The van der Waals surface area contributed by atoms with Crippen LogP contribution in [0.1, 0.15) is 5.56 Å². The topological polar surface area (TPSA) is 143 Å². The van der Waals surface area contributed by atoms with Crippen molar-refractivity contribution in [1.82, 2.24) is 0 Å². The third kappa shape index (κ3) is 4.92. The summed E-state index contributed by atoms with van der Waals surface area (Å²) in [6.07, 6.45) is 1.21. The van der Waals surface area contributed by atoms with Gasteiger partial charge in [0.1, 0.15) is 11.6 Å². The fourth-order valence-electron chi connectivity index (χ4n) is 1.85. The second-order valence-corrected chi connectivity index (χ2v) is 6.38. The maximum atomic E-state index is 12.1. The van der Waals surface area contributed by atoms with E-state index in [2.05, 4.69) is 10.6 Å². The Kier molecular flexibility index (Phi) is 5.71. The van der Waals surface area contributed by atoms with Crippen LogP contribution >= 0.6 is 0 Å². The van der Waals surface area contributed by atoms with Crippen molar-refractivity contribution in [3.05, 3.63) is 65.9 Å². The van der Waals surface area contributed by atoms with Crippen molar-refractivity contribution in [3.63, 3.8) is 0 Å². The Hall–Kier alpha value is -3.66. The van der Waals surface area contributed by atoms with Gasteiger partial charge in [-0.15, -0.1) is 0 Å². The van der Waals surface area contributed by atoms with Crippen molar-refractivity contribution in [2.75, 3.05) is 10.6 Å². The zero-order valence-electron chi connectivity index (χ0n) is 13.2. The van der Waals surface area contributed by atoms with E-state index in [1.165, 1.54) is 18.3 Å². The van der Waals surface area contributed by atoms with Gasteiger partial charge in [0.25, 0.3) is 16.0 Å². The molecule has 0 aliphatic rings. The van der Waals surface area contributed by atoms with E-state index in [0.717, 1.165) is 12.1 Å². The van der Waals surface area contributed by atoms with Crippen LogP contribution in [0.3, 0.4) is 0 Å². The van der Waals surface area contributed by atoms with E-state index in [4.69, 9.17) is 15.1 Å². The number of nitrogens with one attached hydrogen (secondary N) is 2. The first-order valence-corrected chi connectivity index (χ1v) is 8.53. The van der Waals surface area contributed by atoms with Gasteiger partial charge < -0.3 is 10.6 Å². The van der Waals surface area contributed by atoms with Crippen LogP contribution < -0.4 is 10.6 Å². The molecule has 0 radical (unpaired) electrons. The van der Waals surface area contributed by atoms with Gasteiger partial charge in [0.15, 0.2) is 0 Å². The number of amides is 1. The molecule has 0 unspecified atom stereocenters. The maximum absolute atomic E-state index is 12.1. The van der Waals surface area contributed by atoms with Crippen molar-refractivity contribution in [3.8, 4) is 12.1 Å². The molecule has 8 nitrogen and oxygen atoms in total. The lowest BCUT2D eigenvalue weighted by molar-refractivity contribution is -0.112. The van der Waals surface area contributed by atoms with E-state index in [-0.39, 0.29) is 16.2 Å². The molecule has 2 aromatic carbocycles. The number of anilines is 2. The Bertz CT molecular complexity index is 1030. The summed E-state index contributed by atoms with van der Waals surface area (Å²) in [5.74, 6) is -0.701. The van der Waals surface area contributed by atoms with Crippen molar-refractivity contribution in [1.29, 1.82) is 10.5 Å². The van der Waals surface area contributed by atoms with Gasteiger partial charge in [-0.25, -0.2) is 0 Å². The molecule has 0 heterocycles. The van der Waals surface area contributed by atoms with Crippen LogP contribution in [0.2, 0.25) is 0 Å². The summed E-state index contributed by atoms with van der Waals surface area (Å²) in [5, 5.41) is 23.1. The molecule has 0 bridgehead atoms. The average Bonchev–Trinajstić information content (AvgIpc) is 2.62. The molecule has 0 aliphatic heterocycles. The Morgan fingerprint density at radius 3 is 2.08 bits per heavy atom. The third-order valence-corrected chi connectivity index (χ3v) is 4.04. The van der Waals surface area contributed by atoms with E-state index in [0.29, 0.717) is 11.3 Å². The number of benzene rings is 2. The summed E-state index contributed by atoms with van der Waals surface area (Å²) in [5.41, 5.74) is 1.10. The highest BCUT2D eigenvalue weighted by Gasteiger charge is 2.12. The highest BCUT2D eigenvalue weighted by molar-refractivity contribution is 7.85. The molecular weight excluding hydrogens is 356 g/mol. The minimum atomic E-state index is -4.32. The van der Waals surface area contributed by atoms with E-state index in [1.54, 1.807) is 30.3 Å². The van der Waals surface area contributed by atoms with Crippen molar-refractivity contribution in [2.45, 2.75) is 4.90 Å². The van der Waals surface area contributed by atoms with E-state index in [1.807, 2.05) is 6.07 Å². The summed E-state index contributed by atoms with van der Waals surface area (Å²) in [6.45, 7) is 0. The molecule has 0 fully saturated rings. The van der Waals surface area contributed by atoms with E-state index in [9.17, 15) is 13.2 Å². The number of hydrogen-bond acceptors (Lipinski definition) is 6. The van der Waals surface area contributed by atoms with E-state index < -0.39 is 16.0 Å². The first-order valence-electron chi connectivity index (χ1n) is 7.09. The number of nitrogens with zero attached hydrogens (tertiary/aromatic N) is 2. The van der Waals surface area contributed by atoms with Crippen LogP contribution in [0.15, 0.2) is 65.2 Å². The van der Waals surface area contributed by atoms with Gasteiger partial charge in [-0.1, -0.05) is 0 Å². The van der Waals surface area contributed by atoms with Crippen LogP contribution in [0.4, 0.5) is 11.4 Å². The van der Waals surface area contributed by atoms with E-state index >= 15 is 0 Å². The number of nitriles is 2. The van der Waals surface area contributed by atoms with Gasteiger partial charge in [0, 0.05) is 17.6 Å². The lowest BCUT2D eigenvalue weighted by atomic mass is 10.2. The van der Waals surface area contributed by atoms with Crippen molar-refractivity contribution < 1.29 is 17.8 Å². The second-order valence-electron chi connectivity index (χ2n) is 4.96. The number of hydrogen-bond donors (Lipinski definition) is 3. The molecule has 9 heteroatoms. The molecule has 0 atom stereocenters. The Labute approximate surface area is 149 Å². The molecule has 0 saturated carbocycles. The molecule has 3 N–H and O–H groups in total. The molecule has 0 spiro atoms. The quantitative estimate of drug-likeness (QED) is 0.417. The molecule has 130 valence electrons. The highest BCUT2D eigenvalue weighted by atomic mass is 32.2. The zero-order valence-corrected chi connectivity index (χ0v) is 14.0. The summed E-state index contributed by atoms with van der Waals surface area (Å²) >= 11 is 0. The van der Waals surface area contributed by atoms with Crippen LogP contribution in [0.5, 0.6) is 0 Å². The van der Waals surface area contributed by atoms with Gasteiger partial charge in [-0.2, -0.15) is 18.9 Å². The largest absolute Gasteiger partial charge is 0.360 e. The lowest BCUT2D eigenvalue weighted by Crippen LogP contribution is -2.14. The van der Waals surface area contributed by atoms with Gasteiger partial charge in [0.05, 0.1) is 16.5 Å². The second kappa shape index (κ2) is 7.94. The minimum Gasteiger partial charge on any atom is -0.360 e. The molecule has 2 rings (SSSR count). The Morgan fingerprint density at radius 2 is 1.58 bits per heavy atom. The SMILES string of the molecule is N#C/C(=C/Nc1ccc(C#N)cc1)C(=O)Nc1ccc(S(=O)(=O)O)cc1. The smallest absolute Gasteiger partial charge is 0.294 e. The molecule has 0 aromatic heterocycles. The number of carbonyl (C=O) groups is 1. The Balaban J connectivity index is 2.08. The van der Waals surface area contributed by atoms with Crippen molar-refractivity contribution >= 4 is 27.4 Å². The first kappa shape index (κ1) is 18.7. The minimum absolute atomic E-state index is 0.215.